The first kappa shape index (κ1) is 33.3. The van der Waals surface area contributed by atoms with Crippen LogP contribution in [0, 0.1) is 23.3 Å². The molecular formula is C40H24F4IrN4. The quantitative estimate of drug-likeness (QED) is 0.166. The third kappa shape index (κ3) is 7.43. The van der Waals surface area contributed by atoms with Crippen LogP contribution >= 0.6 is 0 Å². The van der Waals surface area contributed by atoms with Crippen LogP contribution in [0.25, 0.3) is 67.1 Å². The molecule has 0 aliphatic carbocycles. The molecule has 0 unspecified atom stereocenters. The fraction of sp³-hybridized carbons (Fsp3) is 0. The first-order valence-corrected chi connectivity index (χ1v) is 15.0. The minimum absolute atomic E-state index is 0. The van der Waals surface area contributed by atoms with E-state index in [0.29, 0.717) is 22.8 Å². The second-order valence-corrected chi connectivity index (χ2v) is 10.8. The zero-order valence-corrected chi connectivity index (χ0v) is 27.9. The van der Waals surface area contributed by atoms with Crippen LogP contribution in [0.2, 0.25) is 0 Å². The van der Waals surface area contributed by atoms with Crippen molar-refractivity contribution in [2.24, 2.45) is 0 Å². The monoisotopic (exact) mass is 829 g/mol. The predicted octanol–water partition coefficient (Wildman–Crippen LogP) is 10.5. The molecule has 8 rings (SSSR count). The number of benzene rings is 6. The Morgan fingerprint density at radius 2 is 0.449 bits per heavy atom. The standard InChI is InChI=1S/2C20H12F2N2.Ir/c2*21-15-9-5-13(6-10-15)19-20(14-7-11-16(22)12-8-14)24-18-4-2-1-3-17(18)23-19;/h2*1-12H;. The van der Waals surface area contributed by atoms with Crippen molar-refractivity contribution in [3.05, 3.63) is 169 Å². The van der Waals surface area contributed by atoms with Crippen molar-refractivity contribution < 1.29 is 37.7 Å². The van der Waals surface area contributed by atoms with Crippen LogP contribution in [0.1, 0.15) is 0 Å². The summed E-state index contributed by atoms with van der Waals surface area (Å²) >= 11 is 0. The number of para-hydroxylation sites is 4. The minimum Gasteiger partial charge on any atom is -0.244 e. The van der Waals surface area contributed by atoms with E-state index < -0.39 is 0 Å². The summed E-state index contributed by atoms with van der Waals surface area (Å²) < 4.78 is 53.0. The maximum absolute atomic E-state index is 13.2. The van der Waals surface area contributed by atoms with Crippen LogP contribution in [0.3, 0.4) is 0 Å². The number of hydrogen-bond acceptors (Lipinski definition) is 4. The van der Waals surface area contributed by atoms with E-state index in [0.717, 1.165) is 44.3 Å². The van der Waals surface area contributed by atoms with Gasteiger partial charge in [0.05, 0.1) is 44.8 Å². The summed E-state index contributed by atoms with van der Waals surface area (Å²) in [5.74, 6) is -1.24. The topological polar surface area (TPSA) is 51.6 Å². The van der Waals surface area contributed by atoms with Crippen LogP contribution in [0.15, 0.2) is 146 Å². The van der Waals surface area contributed by atoms with E-state index in [1.54, 1.807) is 48.5 Å². The molecule has 0 aliphatic rings. The third-order valence-corrected chi connectivity index (χ3v) is 7.61. The number of hydrogen-bond donors (Lipinski definition) is 0. The van der Waals surface area contributed by atoms with Gasteiger partial charge in [0.2, 0.25) is 0 Å². The Balaban J connectivity index is 0.000000167. The second kappa shape index (κ2) is 14.6. The minimum atomic E-state index is -0.309. The molecule has 0 atom stereocenters. The van der Waals surface area contributed by atoms with Crippen LogP contribution in [0.5, 0.6) is 0 Å². The molecule has 49 heavy (non-hydrogen) atoms. The molecule has 0 saturated heterocycles. The first-order valence-electron chi connectivity index (χ1n) is 15.0. The average molecular weight is 829 g/mol. The summed E-state index contributed by atoms with van der Waals surface area (Å²) in [7, 11) is 0. The molecule has 0 saturated carbocycles. The van der Waals surface area contributed by atoms with Crippen molar-refractivity contribution in [2.75, 3.05) is 0 Å². The molecule has 0 spiro atoms. The smallest absolute Gasteiger partial charge is 0.123 e. The molecule has 0 amide bonds. The van der Waals surface area contributed by atoms with E-state index in [9.17, 15) is 17.6 Å². The van der Waals surface area contributed by atoms with Crippen LogP contribution < -0.4 is 0 Å². The Morgan fingerprint density at radius 1 is 0.265 bits per heavy atom. The molecule has 2 heterocycles. The molecule has 0 fully saturated rings. The summed E-state index contributed by atoms with van der Waals surface area (Å²) in [4.78, 5) is 18.8. The van der Waals surface area contributed by atoms with Crippen LogP contribution in [-0.4, -0.2) is 19.9 Å². The Hall–Kier alpha value is -5.63. The van der Waals surface area contributed by atoms with Gasteiger partial charge in [0.1, 0.15) is 23.3 Å². The van der Waals surface area contributed by atoms with Gasteiger partial charge in [0, 0.05) is 42.4 Å². The van der Waals surface area contributed by atoms with Gasteiger partial charge in [-0.3, -0.25) is 0 Å². The summed E-state index contributed by atoms with van der Waals surface area (Å²) in [6, 6.07) is 39.5. The van der Waals surface area contributed by atoms with E-state index in [1.165, 1.54) is 48.5 Å². The van der Waals surface area contributed by atoms with Gasteiger partial charge in [-0.2, -0.15) is 0 Å². The van der Waals surface area contributed by atoms with Crippen molar-refractivity contribution in [1.82, 2.24) is 19.9 Å². The molecule has 6 aromatic carbocycles. The molecular weight excluding hydrogens is 805 g/mol. The number of nitrogens with zero attached hydrogens (tertiary/aromatic N) is 4. The van der Waals surface area contributed by atoms with Gasteiger partial charge >= 0.3 is 0 Å². The molecule has 0 N–H and O–H groups in total. The molecule has 0 bridgehead atoms. The maximum Gasteiger partial charge on any atom is 0.123 e. The van der Waals surface area contributed by atoms with Gasteiger partial charge < -0.3 is 0 Å². The molecule has 8 aromatic rings. The fourth-order valence-electron chi connectivity index (χ4n) is 5.24. The number of fused-ring (bicyclic) bond motifs is 2. The fourth-order valence-corrected chi connectivity index (χ4v) is 5.24. The zero-order valence-electron chi connectivity index (χ0n) is 25.5. The Bertz CT molecular complexity index is 2030. The zero-order chi connectivity index (χ0) is 33.0. The Morgan fingerprint density at radius 3 is 0.633 bits per heavy atom. The molecule has 9 heteroatoms. The van der Waals surface area contributed by atoms with Gasteiger partial charge in [-0.25, -0.2) is 37.5 Å². The SMILES string of the molecule is Fc1ccc(-c2nc3ccccc3nc2-c2ccc(F)cc2)cc1.Fc1ccc(-c2nc3ccccc3nc2-c2ccc(F)cc2)cc1.[Ir]. The van der Waals surface area contributed by atoms with Crippen LogP contribution in [0.4, 0.5) is 17.6 Å². The molecule has 0 aliphatic heterocycles. The maximum atomic E-state index is 13.2. The molecule has 1 radical (unpaired) electrons. The van der Waals surface area contributed by atoms with Crippen molar-refractivity contribution in [2.45, 2.75) is 0 Å². The molecule has 2 aromatic heterocycles. The number of halogens is 4. The third-order valence-electron chi connectivity index (χ3n) is 7.61. The second-order valence-electron chi connectivity index (χ2n) is 10.8. The predicted molar refractivity (Wildman–Crippen MR) is 181 cm³/mol. The first-order chi connectivity index (χ1) is 23.4. The van der Waals surface area contributed by atoms with Crippen molar-refractivity contribution in [3.63, 3.8) is 0 Å². The van der Waals surface area contributed by atoms with Gasteiger partial charge in [-0.15, -0.1) is 0 Å². The molecule has 241 valence electrons. The summed E-state index contributed by atoms with van der Waals surface area (Å²) in [6.07, 6.45) is 0. The van der Waals surface area contributed by atoms with E-state index in [4.69, 9.17) is 19.9 Å². The van der Waals surface area contributed by atoms with E-state index >= 15 is 0 Å². The van der Waals surface area contributed by atoms with E-state index in [-0.39, 0.29) is 43.4 Å². The van der Waals surface area contributed by atoms with Gasteiger partial charge in [0.15, 0.2) is 0 Å². The summed E-state index contributed by atoms with van der Waals surface area (Å²) in [6.45, 7) is 0. The number of aromatic nitrogens is 4. The van der Waals surface area contributed by atoms with Crippen LogP contribution in [-0.2, 0) is 20.1 Å². The van der Waals surface area contributed by atoms with E-state index in [2.05, 4.69) is 0 Å². The van der Waals surface area contributed by atoms with Gasteiger partial charge in [-0.05, 0) is 121 Å². The summed E-state index contributed by atoms with van der Waals surface area (Å²) in [5, 5.41) is 0. The van der Waals surface area contributed by atoms with Crippen molar-refractivity contribution in [3.8, 4) is 45.0 Å². The van der Waals surface area contributed by atoms with Gasteiger partial charge in [-0.1, -0.05) is 24.3 Å². The molecule has 4 nitrogen and oxygen atoms in total. The largest absolute Gasteiger partial charge is 0.244 e. The van der Waals surface area contributed by atoms with Gasteiger partial charge in [0.25, 0.3) is 0 Å². The normalized spacial score (nSPS) is 10.7. The number of rotatable bonds is 4. The van der Waals surface area contributed by atoms with Crippen molar-refractivity contribution >= 4 is 22.1 Å². The Labute approximate surface area is 292 Å². The van der Waals surface area contributed by atoms with Crippen molar-refractivity contribution in [1.29, 1.82) is 0 Å². The summed E-state index contributed by atoms with van der Waals surface area (Å²) in [5.41, 5.74) is 8.60. The van der Waals surface area contributed by atoms with E-state index in [1.807, 2.05) is 48.5 Å². The Kier molecular flexibility index (Phi) is 9.94. The average Bonchev–Trinajstić information content (AvgIpc) is 3.12.